The lowest BCUT2D eigenvalue weighted by molar-refractivity contribution is -0.123. The molecule has 3 N–H and O–H groups in total. The van der Waals surface area contributed by atoms with Crippen LogP contribution in [-0.4, -0.2) is 96.3 Å². The summed E-state index contributed by atoms with van der Waals surface area (Å²) in [4.78, 5) is 25.2. The number of methoxy groups -OCH3 is 1. The number of ether oxygens (including phenoxy) is 1. The van der Waals surface area contributed by atoms with Crippen molar-refractivity contribution < 1.29 is 14.6 Å². The van der Waals surface area contributed by atoms with Crippen LogP contribution < -0.4 is 10.5 Å². The number of nitrogens with two attached hydrogens (primary N) is 1. The molecule has 8 nitrogen and oxygen atoms in total. The molecule has 49 heavy (non-hydrogen) atoms. The molecular formula is C41H59N5O3. The van der Waals surface area contributed by atoms with E-state index in [4.69, 9.17) is 10.5 Å². The highest BCUT2D eigenvalue weighted by atomic mass is 16.5. The maximum Gasteiger partial charge on any atom is 0.232 e. The van der Waals surface area contributed by atoms with E-state index in [1.807, 2.05) is 48.7 Å². The van der Waals surface area contributed by atoms with Crippen LogP contribution in [0.1, 0.15) is 80.9 Å². The fraction of sp³-hybridized carbons (Fsp3) is 0.561. The van der Waals surface area contributed by atoms with Crippen LogP contribution in [0.15, 0.2) is 79.1 Å². The molecule has 8 heteroatoms. The van der Waals surface area contributed by atoms with E-state index in [2.05, 4.69) is 43.9 Å². The van der Waals surface area contributed by atoms with E-state index < -0.39 is 5.41 Å². The molecule has 2 aliphatic rings. The molecular weight excluding hydrogens is 610 g/mol. The Morgan fingerprint density at radius 2 is 1.47 bits per heavy atom. The lowest BCUT2D eigenvalue weighted by atomic mass is 9.64. The van der Waals surface area contributed by atoms with Gasteiger partial charge in [0, 0.05) is 43.6 Å². The van der Waals surface area contributed by atoms with Gasteiger partial charge in [0.2, 0.25) is 5.91 Å². The largest absolute Gasteiger partial charge is 0.496 e. The van der Waals surface area contributed by atoms with Gasteiger partial charge in [0.1, 0.15) is 11.2 Å². The SMILES string of the molecule is COc1ccncc1CN1CCC(N(CCO)CCCCCCCCCN2CC[C@@H](C(C(N)=O)(c3ccccc3)c3ccccc3)C2)CC1. The van der Waals surface area contributed by atoms with Gasteiger partial charge in [0.25, 0.3) is 0 Å². The lowest BCUT2D eigenvalue weighted by Crippen LogP contribution is -2.49. The average Bonchev–Trinajstić information content (AvgIpc) is 3.61. The Bertz CT molecular complexity index is 1340. The number of carbonyl (C=O) groups excluding carboxylic acids is 1. The number of amides is 1. The monoisotopic (exact) mass is 669 g/mol. The number of likely N-dealkylation sites (tertiary alicyclic amines) is 2. The molecule has 1 aromatic heterocycles. The molecule has 0 saturated carbocycles. The van der Waals surface area contributed by atoms with E-state index in [1.165, 1.54) is 44.9 Å². The number of hydrogen-bond acceptors (Lipinski definition) is 7. The first kappa shape index (κ1) is 37.0. The van der Waals surface area contributed by atoms with Crippen molar-refractivity contribution in [1.29, 1.82) is 0 Å². The van der Waals surface area contributed by atoms with Gasteiger partial charge in [-0.25, -0.2) is 0 Å². The summed E-state index contributed by atoms with van der Waals surface area (Å²) in [6.07, 6.45) is 15.7. The Morgan fingerprint density at radius 1 is 0.857 bits per heavy atom. The zero-order valence-corrected chi connectivity index (χ0v) is 29.7. The second-order valence-electron chi connectivity index (χ2n) is 14.1. The minimum atomic E-state index is -0.809. The average molecular weight is 670 g/mol. The molecule has 0 radical (unpaired) electrons. The Labute approximate surface area is 294 Å². The molecule has 0 spiro atoms. The molecule has 0 bridgehead atoms. The number of primary amides is 1. The van der Waals surface area contributed by atoms with Gasteiger partial charge in [-0.1, -0.05) is 92.8 Å². The first-order chi connectivity index (χ1) is 24.1. The van der Waals surface area contributed by atoms with Gasteiger partial charge in [-0.2, -0.15) is 0 Å². The predicted molar refractivity (Wildman–Crippen MR) is 197 cm³/mol. The summed E-state index contributed by atoms with van der Waals surface area (Å²) in [5.74, 6) is 0.818. The summed E-state index contributed by atoms with van der Waals surface area (Å²) in [6, 6.07) is 22.8. The van der Waals surface area contributed by atoms with Crippen molar-refractivity contribution in [2.45, 2.75) is 82.2 Å². The second-order valence-corrected chi connectivity index (χ2v) is 14.1. The van der Waals surface area contributed by atoms with Crippen molar-refractivity contribution in [1.82, 2.24) is 19.7 Å². The number of benzene rings is 2. The summed E-state index contributed by atoms with van der Waals surface area (Å²) < 4.78 is 5.52. The van der Waals surface area contributed by atoms with Crippen LogP contribution in [0.3, 0.4) is 0 Å². The number of nitrogens with zero attached hydrogens (tertiary/aromatic N) is 4. The van der Waals surface area contributed by atoms with Crippen LogP contribution in [0.4, 0.5) is 0 Å². The number of aliphatic hydroxyl groups excluding tert-OH is 1. The van der Waals surface area contributed by atoms with Gasteiger partial charge >= 0.3 is 0 Å². The van der Waals surface area contributed by atoms with Crippen molar-refractivity contribution in [3.8, 4) is 5.75 Å². The molecule has 3 aromatic rings. The highest BCUT2D eigenvalue weighted by Gasteiger charge is 2.49. The van der Waals surface area contributed by atoms with E-state index in [-0.39, 0.29) is 18.4 Å². The fourth-order valence-electron chi connectivity index (χ4n) is 8.47. The maximum absolute atomic E-state index is 13.3. The number of aromatic nitrogens is 1. The van der Waals surface area contributed by atoms with Crippen molar-refractivity contribution in [2.75, 3.05) is 59.5 Å². The highest BCUT2D eigenvalue weighted by molar-refractivity contribution is 5.91. The van der Waals surface area contributed by atoms with Gasteiger partial charge in [0.15, 0.2) is 0 Å². The molecule has 2 aliphatic heterocycles. The van der Waals surface area contributed by atoms with Gasteiger partial charge in [-0.05, 0) is 87.9 Å². The minimum Gasteiger partial charge on any atom is -0.496 e. The smallest absolute Gasteiger partial charge is 0.232 e. The third-order valence-electron chi connectivity index (χ3n) is 11.1. The molecule has 2 saturated heterocycles. The van der Waals surface area contributed by atoms with Gasteiger partial charge in [-0.15, -0.1) is 0 Å². The molecule has 1 amide bonds. The normalized spacial score (nSPS) is 17.9. The summed E-state index contributed by atoms with van der Waals surface area (Å²) >= 11 is 0. The number of pyridine rings is 1. The summed E-state index contributed by atoms with van der Waals surface area (Å²) in [7, 11) is 1.72. The van der Waals surface area contributed by atoms with Crippen LogP contribution >= 0.6 is 0 Å². The zero-order valence-electron chi connectivity index (χ0n) is 29.7. The zero-order chi connectivity index (χ0) is 34.3. The molecule has 2 fully saturated rings. The molecule has 266 valence electrons. The summed E-state index contributed by atoms with van der Waals surface area (Å²) in [5, 5.41) is 9.76. The maximum atomic E-state index is 13.3. The Kier molecular flexibility index (Phi) is 14.5. The molecule has 3 heterocycles. The third kappa shape index (κ3) is 9.69. The van der Waals surface area contributed by atoms with E-state index in [0.717, 1.165) is 94.1 Å². The van der Waals surface area contributed by atoms with E-state index >= 15 is 0 Å². The molecule has 5 rings (SSSR count). The quantitative estimate of drug-likeness (QED) is 0.145. The van der Waals surface area contributed by atoms with Crippen LogP contribution in [0, 0.1) is 5.92 Å². The third-order valence-corrected chi connectivity index (χ3v) is 11.1. The van der Waals surface area contributed by atoms with Crippen LogP contribution in [0.5, 0.6) is 5.75 Å². The number of aliphatic hydroxyl groups is 1. The lowest BCUT2D eigenvalue weighted by Gasteiger charge is -2.38. The summed E-state index contributed by atoms with van der Waals surface area (Å²) in [5.41, 5.74) is 8.62. The fourth-order valence-corrected chi connectivity index (χ4v) is 8.47. The number of rotatable bonds is 20. The predicted octanol–water partition coefficient (Wildman–Crippen LogP) is 5.87. The number of carbonyl (C=O) groups is 1. The molecule has 0 unspecified atom stereocenters. The van der Waals surface area contributed by atoms with Gasteiger partial charge in [-0.3, -0.25) is 19.6 Å². The minimum absolute atomic E-state index is 0.156. The van der Waals surface area contributed by atoms with E-state index in [1.54, 1.807) is 13.3 Å². The van der Waals surface area contributed by atoms with E-state index in [0.29, 0.717) is 6.04 Å². The van der Waals surface area contributed by atoms with Crippen LogP contribution in [-0.2, 0) is 16.8 Å². The Morgan fingerprint density at radius 3 is 2.08 bits per heavy atom. The van der Waals surface area contributed by atoms with Crippen LogP contribution in [0.2, 0.25) is 0 Å². The molecule has 1 atom stereocenters. The number of hydrogen-bond donors (Lipinski definition) is 2. The first-order valence-electron chi connectivity index (χ1n) is 18.7. The van der Waals surface area contributed by atoms with Crippen molar-refractivity contribution in [2.24, 2.45) is 11.7 Å². The van der Waals surface area contributed by atoms with Crippen molar-refractivity contribution in [3.63, 3.8) is 0 Å². The highest BCUT2D eigenvalue weighted by Crippen LogP contribution is 2.43. The van der Waals surface area contributed by atoms with Gasteiger partial charge in [0.05, 0.1) is 13.7 Å². The molecule has 2 aromatic carbocycles. The number of unbranched alkanes of at least 4 members (excludes halogenated alkanes) is 6. The van der Waals surface area contributed by atoms with Crippen molar-refractivity contribution >= 4 is 5.91 Å². The Hall–Kier alpha value is -3.30. The first-order valence-corrected chi connectivity index (χ1v) is 18.7. The summed E-state index contributed by atoms with van der Waals surface area (Å²) in [6.45, 7) is 8.08. The van der Waals surface area contributed by atoms with Crippen molar-refractivity contribution in [3.05, 3.63) is 95.8 Å². The second kappa shape index (κ2) is 19.2. The topological polar surface area (TPSA) is 95.2 Å². The van der Waals surface area contributed by atoms with Gasteiger partial charge < -0.3 is 20.5 Å². The van der Waals surface area contributed by atoms with Crippen LogP contribution in [0.25, 0.3) is 0 Å². The standard InChI is InChI=1S/C41H59N5O3/c1-49-39-19-23-43-31-34(39)32-45-27-21-38(22-28-45)46(29-30-47)25-14-6-4-2-3-5-13-24-44-26-20-37(33-44)41(40(42)48,35-15-9-7-10-16-35)36-17-11-8-12-18-36/h7-12,15-19,23,31,37-38,47H,2-6,13-14,20-22,24-30,32-33H2,1H3,(H2,42,48)/t37-/m1/s1. The Balaban J connectivity index is 0.975. The number of piperidine rings is 1. The molecule has 0 aliphatic carbocycles. The van der Waals surface area contributed by atoms with E-state index in [9.17, 15) is 9.90 Å².